The van der Waals surface area contributed by atoms with Crippen molar-refractivity contribution in [3.05, 3.63) is 47.9 Å². The Morgan fingerprint density at radius 2 is 2.16 bits per heavy atom. The molecule has 98 valence electrons. The summed E-state index contributed by atoms with van der Waals surface area (Å²) in [6, 6.07) is 9.62. The van der Waals surface area contributed by atoms with Gasteiger partial charge in [0.2, 0.25) is 0 Å². The first-order valence-corrected chi connectivity index (χ1v) is 5.75. The molecule has 0 amide bonds. The van der Waals surface area contributed by atoms with Gasteiger partial charge in [0.15, 0.2) is 11.6 Å². The molecule has 0 bridgehead atoms. The van der Waals surface area contributed by atoms with Crippen LogP contribution in [0.2, 0.25) is 0 Å². The molecule has 19 heavy (non-hydrogen) atoms. The molecule has 5 nitrogen and oxygen atoms in total. The van der Waals surface area contributed by atoms with Crippen molar-refractivity contribution in [1.82, 2.24) is 9.97 Å². The Bertz CT molecular complexity index is 560. The maximum absolute atomic E-state index is 13.5. The SMILES string of the molecule is CC=NOc1ncc(F)c(NCc2ccccc2)n1. The van der Waals surface area contributed by atoms with Crippen LogP contribution in [-0.4, -0.2) is 16.2 Å². The maximum Gasteiger partial charge on any atom is 0.347 e. The molecule has 1 N–H and O–H groups in total. The summed E-state index contributed by atoms with van der Waals surface area (Å²) in [5.74, 6) is -0.455. The van der Waals surface area contributed by atoms with Crippen LogP contribution in [0.25, 0.3) is 0 Å². The smallest absolute Gasteiger partial charge is 0.347 e. The van der Waals surface area contributed by atoms with E-state index in [4.69, 9.17) is 4.84 Å². The van der Waals surface area contributed by atoms with Gasteiger partial charge in [0.1, 0.15) is 0 Å². The number of oxime groups is 1. The van der Waals surface area contributed by atoms with E-state index in [-0.39, 0.29) is 11.8 Å². The third kappa shape index (κ3) is 3.74. The topological polar surface area (TPSA) is 59.4 Å². The predicted molar refractivity (Wildman–Crippen MR) is 70.6 cm³/mol. The van der Waals surface area contributed by atoms with Crippen molar-refractivity contribution in [3.8, 4) is 6.01 Å². The summed E-state index contributed by atoms with van der Waals surface area (Å²) in [5, 5.41) is 6.42. The van der Waals surface area contributed by atoms with Crippen molar-refractivity contribution in [3.63, 3.8) is 0 Å². The van der Waals surface area contributed by atoms with E-state index in [1.54, 1.807) is 6.92 Å². The number of benzene rings is 1. The Morgan fingerprint density at radius 1 is 1.37 bits per heavy atom. The average molecular weight is 260 g/mol. The second-order valence-corrected chi connectivity index (χ2v) is 3.64. The first-order chi connectivity index (χ1) is 9.29. The van der Waals surface area contributed by atoms with Gasteiger partial charge in [-0.3, -0.25) is 0 Å². The fourth-order valence-corrected chi connectivity index (χ4v) is 1.40. The molecule has 0 fully saturated rings. The van der Waals surface area contributed by atoms with Crippen LogP contribution >= 0.6 is 0 Å². The third-order valence-electron chi connectivity index (χ3n) is 2.26. The molecule has 0 aliphatic rings. The zero-order valence-electron chi connectivity index (χ0n) is 10.4. The van der Waals surface area contributed by atoms with E-state index >= 15 is 0 Å². The first-order valence-electron chi connectivity index (χ1n) is 5.75. The summed E-state index contributed by atoms with van der Waals surface area (Å²) in [7, 11) is 0. The van der Waals surface area contributed by atoms with E-state index in [2.05, 4.69) is 20.4 Å². The summed E-state index contributed by atoms with van der Waals surface area (Å²) in [4.78, 5) is 12.4. The van der Waals surface area contributed by atoms with Crippen molar-refractivity contribution in [2.75, 3.05) is 5.32 Å². The van der Waals surface area contributed by atoms with Gasteiger partial charge in [-0.05, 0) is 12.5 Å². The van der Waals surface area contributed by atoms with Gasteiger partial charge in [0.25, 0.3) is 0 Å². The number of aromatic nitrogens is 2. The van der Waals surface area contributed by atoms with Crippen LogP contribution in [0.3, 0.4) is 0 Å². The monoisotopic (exact) mass is 260 g/mol. The molecule has 2 aromatic rings. The maximum atomic E-state index is 13.5. The molecule has 0 radical (unpaired) electrons. The Labute approximate surface area is 110 Å². The van der Waals surface area contributed by atoms with Crippen LogP contribution < -0.4 is 10.2 Å². The van der Waals surface area contributed by atoms with Gasteiger partial charge in [0.05, 0.1) is 6.20 Å². The van der Waals surface area contributed by atoms with Crippen LogP contribution in [0.5, 0.6) is 6.01 Å². The molecule has 0 aliphatic heterocycles. The van der Waals surface area contributed by atoms with Crippen LogP contribution in [0.4, 0.5) is 10.2 Å². The Hall–Kier alpha value is -2.50. The Morgan fingerprint density at radius 3 is 2.89 bits per heavy atom. The van der Waals surface area contributed by atoms with Crippen molar-refractivity contribution < 1.29 is 9.23 Å². The third-order valence-corrected chi connectivity index (χ3v) is 2.26. The van der Waals surface area contributed by atoms with E-state index in [9.17, 15) is 4.39 Å². The van der Waals surface area contributed by atoms with Crippen LogP contribution in [-0.2, 0) is 6.54 Å². The second kappa shape index (κ2) is 6.44. The molecule has 0 atom stereocenters. The summed E-state index contributed by atoms with van der Waals surface area (Å²) in [6.07, 6.45) is 2.49. The molecule has 0 saturated heterocycles. The van der Waals surface area contributed by atoms with Gasteiger partial charge in [-0.1, -0.05) is 35.5 Å². The molecule has 1 heterocycles. The number of nitrogens with zero attached hydrogens (tertiary/aromatic N) is 3. The first kappa shape index (κ1) is 12.9. The highest BCUT2D eigenvalue weighted by molar-refractivity contribution is 5.52. The highest BCUT2D eigenvalue weighted by Crippen LogP contribution is 2.14. The van der Waals surface area contributed by atoms with Gasteiger partial charge in [-0.25, -0.2) is 4.39 Å². The van der Waals surface area contributed by atoms with Gasteiger partial charge in [-0.2, -0.15) is 9.97 Å². The summed E-state index contributed by atoms with van der Waals surface area (Å²) in [6.45, 7) is 2.16. The molecule has 1 aromatic carbocycles. The molecule has 2 rings (SSSR count). The molecular weight excluding hydrogens is 247 g/mol. The molecular formula is C13H13FN4O. The summed E-state index contributed by atoms with van der Waals surface area (Å²) >= 11 is 0. The van der Waals surface area contributed by atoms with Gasteiger partial charge in [0, 0.05) is 12.8 Å². The Balaban J connectivity index is 2.06. The van der Waals surface area contributed by atoms with Crippen molar-refractivity contribution in [2.45, 2.75) is 13.5 Å². The molecule has 0 unspecified atom stereocenters. The zero-order valence-corrected chi connectivity index (χ0v) is 10.4. The summed E-state index contributed by atoms with van der Waals surface area (Å²) < 4.78 is 13.5. The highest BCUT2D eigenvalue weighted by atomic mass is 19.1. The average Bonchev–Trinajstić information content (AvgIpc) is 2.46. The quantitative estimate of drug-likeness (QED) is 0.663. The van der Waals surface area contributed by atoms with Crippen molar-refractivity contribution in [1.29, 1.82) is 0 Å². The minimum atomic E-state index is -0.538. The number of anilines is 1. The number of hydrogen-bond donors (Lipinski definition) is 1. The molecule has 0 saturated carbocycles. The van der Waals surface area contributed by atoms with E-state index in [1.807, 2.05) is 30.3 Å². The molecule has 6 heteroatoms. The van der Waals surface area contributed by atoms with E-state index < -0.39 is 5.82 Å². The lowest BCUT2D eigenvalue weighted by molar-refractivity contribution is 0.313. The van der Waals surface area contributed by atoms with Crippen molar-refractivity contribution >= 4 is 12.0 Å². The minimum Gasteiger partial charge on any atom is -0.363 e. The summed E-state index contributed by atoms with van der Waals surface area (Å²) in [5.41, 5.74) is 1.02. The lowest BCUT2D eigenvalue weighted by Crippen LogP contribution is -2.05. The van der Waals surface area contributed by atoms with Gasteiger partial charge >= 0.3 is 6.01 Å². The number of hydrogen-bond acceptors (Lipinski definition) is 5. The van der Waals surface area contributed by atoms with Crippen LogP contribution in [0.15, 0.2) is 41.7 Å². The number of rotatable bonds is 5. The predicted octanol–water partition coefficient (Wildman–Crippen LogP) is 2.61. The van der Waals surface area contributed by atoms with Gasteiger partial charge < -0.3 is 10.2 Å². The highest BCUT2D eigenvalue weighted by Gasteiger charge is 2.07. The lowest BCUT2D eigenvalue weighted by atomic mass is 10.2. The van der Waals surface area contributed by atoms with Crippen LogP contribution in [0.1, 0.15) is 12.5 Å². The molecule has 0 spiro atoms. The van der Waals surface area contributed by atoms with E-state index in [0.29, 0.717) is 6.54 Å². The standard InChI is InChI=1S/C13H13FN4O/c1-2-17-19-13-16-9-11(14)12(18-13)15-8-10-6-4-3-5-7-10/h2-7,9H,8H2,1H3,(H,15,16,18). The van der Waals surface area contributed by atoms with E-state index in [0.717, 1.165) is 11.8 Å². The second-order valence-electron chi connectivity index (χ2n) is 3.64. The Kier molecular flexibility index (Phi) is 4.39. The lowest BCUT2D eigenvalue weighted by Gasteiger charge is -2.07. The normalized spacial score (nSPS) is 10.6. The zero-order chi connectivity index (χ0) is 13.5. The minimum absolute atomic E-state index is 0.00457. The van der Waals surface area contributed by atoms with Crippen molar-refractivity contribution in [2.24, 2.45) is 5.16 Å². The molecule has 1 aromatic heterocycles. The largest absolute Gasteiger partial charge is 0.363 e. The number of nitrogens with one attached hydrogen (secondary N) is 1. The van der Waals surface area contributed by atoms with Crippen LogP contribution in [0, 0.1) is 5.82 Å². The van der Waals surface area contributed by atoms with Gasteiger partial charge in [-0.15, -0.1) is 0 Å². The number of halogens is 1. The fraction of sp³-hybridized carbons (Fsp3) is 0.154. The van der Waals surface area contributed by atoms with E-state index in [1.165, 1.54) is 6.21 Å². The molecule has 0 aliphatic carbocycles. The fourth-order valence-electron chi connectivity index (χ4n) is 1.40.